The van der Waals surface area contributed by atoms with Gasteiger partial charge in [-0.1, -0.05) is 23.2 Å². The maximum atomic E-state index is 11.9. The van der Waals surface area contributed by atoms with Crippen molar-refractivity contribution in [1.82, 2.24) is 4.31 Å². The predicted octanol–water partition coefficient (Wildman–Crippen LogP) is 2.06. The lowest BCUT2D eigenvalue weighted by Gasteiger charge is -2.17. The Morgan fingerprint density at radius 3 is 2.32 bits per heavy atom. The second-order valence-electron chi connectivity index (χ2n) is 3.73. The Labute approximate surface area is 121 Å². The van der Waals surface area contributed by atoms with Crippen molar-refractivity contribution < 1.29 is 18.3 Å². The van der Waals surface area contributed by atoms with Crippen LogP contribution in [0, 0.1) is 0 Å². The van der Waals surface area contributed by atoms with Gasteiger partial charge in [-0.15, -0.1) is 0 Å². The molecule has 0 bridgehead atoms. The van der Waals surface area contributed by atoms with Gasteiger partial charge in [-0.2, -0.15) is 12.7 Å². The number of nitrogens with zero attached hydrogens (tertiary/aromatic N) is 1. The van der Waals surface area contributed by atoms with Crippen molar-refractivity contribution in [3.63, 3.8) is 0 Å². The summed E-state index contributed by atoms with van der Waals surface area (Å²) in [5.41, 5.74) is 0.208. The first kappa shape index (κ1) is 16.0. The molecule has 19 heavy (non-hydrogen) atoms. The van der Waals surface area contributed by atoms with Gasteiger partial charge in [-0.25, -0.2) is 0 Å². The SMILES string of the molecule is CN(CCC(=O)O)S(=O)(=O)Nc1cc(Cl)cc(Cl)c1. The van der Waals surface area contributed by atoms with E-state index < -0.39 is 16.2 Å². The highest BCUT2D eigenvalue weighted by Gasteiger charge is 2.18. The second-order valence-corrected chi connectivity index (χ2v) is 6.38. The maximum Gasteiger partial charge on any atom is 0.304 e. The zero-order valence-electron chi connectivity index (χ0n) is 9.93. The van der Waals surface area contributed by atoms with Crippen molar-refractivity contribution in [2.45, 2.75) is 6.42 Å². The Bertz CT molecular complexity index is 557. The lowest BCUT2D eigenvalue weighted by molar-refractivity contribution is -0.137. The molecule has 0 radical (unpaired) electrons. The number of benzene rings is 1. The smallest absolute Gasteiger partial charge is 0.304 e. The summed E-state index contributed by atoms with van der Waals surface area (Å²) in [6.07, 6.45) is -0.284. The third-order valence-corrected chi connectivity index (χ3v) is 4.09. The van der Waals surface area contributed by atoms with Crippen LogP contribution in [-0.4, -0.2) is 37.4 Å². The van der Waals surface area contributed by atoms with Gasteiger partial charge in [0.2, 0.25) is 0 Å². The van der Waals surface area contributed by atoms with Crippen molar-refractivity contribution >= 4 is 45.1 Å². The van der Waals surface area contributed by atoms with Crippen LogP contribution in [-0.2, 0) is 15.0 Å². The Kier molecular flexibility index (Phi) is 5.42. The third-order valence-electron chi connectivity index (χ3n) is 2.16. The molecule has 1 aromatic rings. The van der Waals surface area contributed by atoms with E-state index in [4.69, 9.17) is 28.3 Å². The summed E-state index contributed by atoms with van der Waals surface area (Å²) in [5, 5.41) is 9.09. The zero-order valence-corrected chi connectivity index (χ0v) is 12.3. The summed E-state index contributed by atoms with van der Waals surface area (Å²) in [5.74, 6) is -1.08. The summed E-state index contributed by atoms with van der Waals surface area (Å²) < 4.78 is 26.9. The van der Waals surface area contributed by atoms with Crippen LogP contribution in [0.1, 0.15) is 6.42 Å². The third kappa shape index (κ3) is 5.23. The number of anilines is 1. The number of carboxylic acids is 1. The Balaban J connectivity index is 2.81. The standard InChI is InChI=1S/C10H12Cl2N2O4S/c1-14(3-2-10(15)16)19(17,18)13-9-5-7(11)4-8(12)6-9/h4-6,13H,2-3H2,1H3,(H,15,16). The minimum Gasteiger partial charge on any atom is -0.481 e. The lowest BCUT2D eigenvalue weighted by Crippen LogP contribution is -2.34. The summed E-state index contributed by atoms with van der Waals surface area (Å²) in [6, 6.07) is 4.26. The number of carboxylic acid groups (broad SMARTS) is 1. The van der Waals surface area contributed by atoms with Gasteiger partial charge in [0, 0.05) is 23.6 Å². The van der Waals surface area contributed by atoms with Crippen molar-refractivity contribution in [2.24, 2.45) is 0 Å². The number of hydrogen-bond acceptors (Lipinski definition) is 3. The quantitative estimate of drug-likeness (QED) is 0.837. The van der Waals surface area contributed by atoms with Gasteiger partial charge in [-0.05, 0) is 18.2 Å². The highest BCUT2D eigenvalue weighted by molar-refractivity contribution is 7.90. The highest BCUT2D eigenvalue weighted by Crippen LogP contribution is 2.23. The van der Waals surface area contributed by atoms with Gasteiger partial charge < -0.3 is 5.11 Å². The minimum atomic E-state index is -3.84. The molecule has 6 nitrogen and oxygen atoms in total. The fraction of sp³-hybridized carbons (Fsp3) is 0.300. The molecule has 0 saturated carbocycles. The van der Waals surface area contributed by atoms with E-state index in [1.807, 2.05) is 0 Å². The average Bonchev–Trinajstić information content (AvgIpc) is 2.23. The molecule has 0 atom stereocenters. The van der Waals surface area contributed by atoms with Gasteiger partial charge in [0.25, 0.3) is 0 Å². The van der Waals surface area contributed by atoms with E-state index in [0.29, 0.717) is 10.0 Å². The van der Waals surface area contributed by atoms with Crippen molar-refractivity contribution in [3.05, 3.63) is 28.2 Å². The molecule has 1 aromatic carbocycles. The van der Waals surface area contributed by atoms with Gasteiger partial charge in [-0.3, -0.25) is 9.52 Å². The van der Waals surface area contributed by atoms with Gasteiger partial charge in [0.15, 0.2) is 0 Å². The van der Waals surface area contributed by atoms with E-state index in [9.17, 15) is 13.2 Å². The Morgan fingerprint density at radius 1 is 1.32 bits per heavy atom. The monoisotopic (exact) mass is 326 g/mol. The molecule has 0 saturated heterocycles. The number of carbonyl (C=O) groups is 1. The van der Waals surface area contributed by atoms with Crippen LogP contribution in [0.15, 0.2) is 18.2 Å². The van der Waals surface area contributed by atoms with E-state index in [1.165, 1.54) is 25.2 Å². The molecule has 1 rings (SSSR count). The molecule has 0 fully saturated rings. The lowest BCUT2D eigenvalue weighted by atomic mass is 10.3. The molecule has 0 aliphatic heterocycles. The molecule has 106 valence electrons. The van der Waals surface area contributed by atoms with E-state index in [0.717, 1.165) is 4.31 Å². The molecule has 9 heteroatoms. The van der Waals surface area contributed by atoms with Gasteiger partial charge in [0.05, 0.1) is 12.1 Å². The van der Waals surface area contributed by atoms with Crippen LogP contribution in [0.25, 0.3) is 0 Å². The van der Waals surface area contributed by atoms with Crippen molar-refractivity contribution in [3.8, 4) is 0 Å². The highest BCUT2D eigenvalue weighted by atomic mass is 35.5. The normalized spacial score (nSPS) is 11.6. The first-order valence-electron chi connectivity index (χ1n) is 5.12. The molecule has 0 aliphatic rings. The van der Waals surface area contributed by atoms with E-state index in [2.05, 4.69) is 4.72 Å². The molecule has 2 N–H and O–H groups in total. The fourth-order valence-electron chi connectivity index (χ4n) is 1.21. The average molecular weight is 327 g/mol. The van der Waals surface area contributed by atoms with Crippen LogP contribution in [0.2, 0.25) is 10.0 Å². The molecule has 0 aliphatic carbocycles. The predicted molar refractivity (Wildman–Crippen MR) is 73.9 cm³/mol. The number of halogens is 2. The van der Waals surface area contributed by atoms with E-state index >= 15 is 0 Å². The molecular formula is C10H12Cl2N2O4S. The van der Waals surface area contributed by atoms with E-state index in [-0.39, 0.29) is 18.7 Å². The van der Waals surface area contributed by atoms with Crippen LogP contribution in [0.3, 0.4) is 0 Å². The van der Waals surface area contributed by atoms with Crippen molar-refractivity contribution in [1.29, 1.82) is 0 Å². The minimum absolute atomic E-state index is 0.140. The summed E-state index contributed by atoms with van der Waals surface area (Å²) in [7, 11) is -2.56. The van der Waals surface area contributed by atoms with Crippen LogP contribution in [0.4, 0.5) is 5.69 Å². The van der Waals surface area contributed by atoms with Gasteiger partial charge >= 0.3 is 16.2 Å². The topological polar surface area (TPSA) is 86.7 Å². The molecule has 0 unspecified atom stereocenters. The maximum absolute atomic E-state index is 11.9. The number of rotatable bonds is 6. The zero-order chi connectivity index (χ0) is 14.6. The summed E-state index contributed by atoms with van der Waals surface area (Å²) >= 11 is 11.5. The van der Waals surface area contributed by atoms with Crippen molar-refractivity contribution in [2.75, 3.05) is 18.3 Å². The summed E-state index contributed by atoms with van der Waals surface area (Å²) in [6.45, 7) is -0.140. The number of aliphatic carboxylic acids is 1. The van der Waals surface area contributed by atoms with Crippen LogP contribution >= 0.6 is 23.2 Å². The first-order chi connectivity index (χ1) is 8.70. The Morgan fingerprint density at radius 2 is 1.84 bits per heavy atom. The first-order valence-corrected chi connectivity index (χ1v) is 7.32. The molecule has 0 amide bonds. The van der Waals surface area contributed by atoms with Crippen LogP contribution in [0.5, 0.6) is 0 Å². The molecule has 0 aromatic heterocycles. The summed E-state index contributed by atoms with van der Waals surface area (Å²) in [4.78, 5) is 10.4. The van der Waals surface area contributed by atoms with Gasteiger partial charge in [0.1, 0.15) is 0 Å². The second kappa shape index (κ2) is 6.42. The number of nitrogens with one attached hydrogen (secondary N) is 1. The fourth-order valence-corrected chi connectivity index (χ4v) is 2.64. The van der Waals surface area contributed by atoms with Crippen LogP contribution < -0.4 is 4.72 Å². The largest absolute Gasteiger partial charge is 0.481 e. The van der Waals surface area contributed by atoms with E-state index in [1.54, 1.807) is 0 Å². The molecule has 0 heterocycles. The number of hydrogen-bond donors (Lipinski definition) is 2. The molecule has 0 spiro atoms. The Hall–Kier alpha value is -1.02. The molecular weight excluding hydrogens is 315 g/mol.